The van der Waals surface area contributed by atoms with E-state index in [4.69, 9.17) is 15.6 Å². The summed E-state index contributed by atoms with van der Waals surface area (Å²) < 4.78 is 26.0. The van der Waals surface area contributed by atoms with Gasteiger partial charge >= 0.3 is 5.97 Å². The van der Waals surface area contributed by atoms with Gasteiger partial charge in [-0.1, -0.05) is 18.2 Å². The lowest BCUT2D eigenvalue weighted by Gasteiger charge is -2.12. The van der Waals surface area contributed by atoms with Crippen LogP contribution >= 0.6 is 0 Å². The van der Waals surface area contributed by atoms with Crippen LogP contribution in [0.3, 0.4) is 0 Å². The zero-order chi connectivity index (χ0) is 14.7. The molecule has 4 N–H and O–H groups in total. The van der Waals surface area contributed by atoms with Gasteiger partial charge in [0.15, 0.2) is 16.8 Å². The highest BCUT2D eigenvalue weighted by Crippen LogP contribution is 2.34. The second-order valence-corrected chi connectivity index (χ2v) is 4.80. The lowest BCUT2D eigenvalue weighted by Crippen LogP contribution is -2.04. The smallest absolute Gasteiger partial charge is 0.335 e. The largest absolute Gasteiger partial charge is 0.478 e. The Hall–Kier alpha value is -2.38. The number of carboxylic acid groups (broad SMARTS) is 1. The fourth-order valence-corrected chi connectivity index (χ4v) is 2.14. The summed E-state index contributed by atoms with van der Waals surface area (Å²) in [5.41, 5.74) is 5.51. The van der Waals surface area contributed by atoms with Crippen molar-refractivity contribution < 1.29 is 23.4 Å². The Balaban J connectivity index is 2.51. The molecule has 0 aromatic heterocycles. The molecule has 0 heterocycles. The van der Waals surface area contributed by atoms with Crippen molar-refractivity contribution in [2.45, 2.75) is 4.90 Å². The van der Waals surface area contributed by atoms with E-state index in [1.54, 1.807) is 30.3 Å². The number of carbonyl (C=O) groups is 1. The first-order valence-corrected chi connectivity index (χ1v) is 6.60. The average molecular weight is 293 g/mol. The van der Waals surface area contributed by atoms with Crippen LogP contribution < -0.4 is 10.5 Å². The van der Waals surface area contributed by atoms with E-state index in [2.05, 4.69) is 0 Å². The van der Waals surface area contributed by atoms with Gasteiger partial charge in [0.05, 0.1) is 11.3 Å². The number of carboxylic acids is 1. The average Bonchev–Trinajstić information content (AvgIpc) is 2.41. The zero-order valence-corrected chi connectivity index (χ0v) is 11.0. The molecule has 2 aromatic rings. The van der Waals surface area contributed by atoms with Gasteiger partial charge in [0.25, 0.3) is 0 Å². The van der Waals surface area contributed by atoms with Gasteiger partial charge in [0.2, 0.25) is 0 Å². The molecule has 0 saturated carbocycles. The highest BCUT2D eigenvalue weighted by molar-refractivity contribution is 7.79. The maximum atomic E-state index is 11.3. The topological polar surface area (TPSA) is 110 Å². The summed E-state index contributed by atoms with van der Waals surface area (Å²) in [7, 11) is 0. The Bertz CT molecular complexity index is 672. The van der Waals surface area contributed by atoms with Crippen molar-refractivity contribution in [3.8, 4) is 11.5 Å². The summed E-state index contributed by atoms with van der Waals surface area (Å²) in [6.07, 6.45) is 0. The summed E-state index contributed by atoms with van der Waals surface area (Å²) in [6.45, 7) is 0. The van der Waals surface area contributed by atoms with Gasteiger partial charge in [-0.05, 0) is 24.3 Å². The molecule has 2 rings (SSSR count). The molecule has 7 heteroatoms. The van der Waals surface area contributed by atoms with Gasteiger partial charge in [-0.2, -0.15) is 0 Å². The van der Waals surface area contributed by atoms with Gasteiger partial charge in [0, 0.05) is 0 Å². The minimum atomic E-state index is -2.42. The number of nitrogens with two attached hydrogens (primary N) is 1. The highest BCUT2D eigenvalue weighted by atomic mass is 32.2. The Morgan fingerprint density at radius 1 is 1.20 bits per heavy atom. The molecule has 0 aliphatic carbocycles. The molecular formula is C13H11NO5S. The van der Waals surface area contributed by atoms with E-state index in [9.17, 15) is 13.6 Å². The molecule has 0 fully saturated rings. The summed E-state index contributed by atoms with van der Waals surface area (Å²) in [4.78, 5) is 10.7. The number of anilines is 1. The molecule has 1 unspecified atom stereocenters. The quantitative estimate of drug-likeness (QED) is 0.589. The third-order valence-electron chi connectivity index (χ3n) is 2.48. The van der Waals surface area contributed by atoms with Gasteiger partial charge < -0.3 is 20.1 Å². The van der Waals surface area contributed by atoms with Crippen LogP contribution in [0.1, 0.15) is 10.4 Å². The minimum Gasteiger partial charge on any atom is -0.478 e. The maximum absolute atomic E-state index is 11.3. The molecule has 2 aromatic carbocycles. The van der Waals surface area contributed by atoms with Crippen LogP contribution in [0, 0.1) is 0 Å². The maximum Gasteiger partial charge on any atom is 0.335 e. The lowest BCUT2D eigenvalue weighted by atomic mass is 10.2. The fourth-order valence-electron chi connectivity index (χ4n) is 1.59. The van der Waals surface area contributed by atoms with Crippen molar-refractivity contribution in [3.63, 3.8) is 0 Å². The molecule has 6 nitrogen and oxygen atoms in total. The molecule has 104 valence electrons. The van der Waals surface area contributed by atoms with Gasteiger partial charge in [0.1, 0.15) is 10.6 Å². The highest BCUT2D eigenvalue weighted by Gasteiger charge is 2.18. The first-order valence-electron chi connectivity index (χ1n) is 5.49. The molecule has 20 heavy (non-hydrogen) atoms. The Kier molecular flexibility index (Phi) is 4.02. The Morgan fingerprint density at radius 3 is 2.40 bits per heavy atom. The van der Waals surface area contributed by atoms with Crippen LogP contribution in [-0.4, -0.2) is 19.8 Å². The molecule has 0 saturated heterocycles. The third-order valence-corrected chi connectivity index (χ3v) is 3.16. The first-order chi connectivity index (χ1) is 9.49. The lowest BCUT2D eigenvalue weighted by molar-refractivity contribution is 0.0696. The van der Waals surface area contributed by atoms with E-state index in [1.165, 1.54) is 6.07 Å². The summed E-state index contributed by atoms with van der Waals surface area (Å²) in [6, 6.07) is 10.8. The van der Waals surface area contributed by atoms with Crippen LogP contribution in [0.5, 0.6) is 11.5 Å². The fraction of sp³-hybridized carbons (Fsp3) is 0. The van der Waals surface area contributed by atoms with Crippen LogP contribution in [0.2, 0.25) is 0 Å². The molecular weight excluding hydrogens is 282 g/mol. The number of ether oxygens (including phenoxy) is 1. The molecule has 0 aliphatic rings. The summed E-state index contributed by atoms with van der Waals surface area (Å²) >= 11 is -2.42. The number of hydrogen-bond donors (Lipinski definition) is 3. The van der Waals surface area contributed by atoms with Crippen molar-refractivity contribution in [1.82, 2.24) is 0 Å². The monoisotopic (exact) mass is 293 g/mol. The van der Waals surface area contributed by atoms with E-state index in [0.29, 0.717) is 5.75 Å². The van der Waals surface area contributed by atoms with Gasteiger partial charge in [-0.25, -0.2) is 9.00 Å². The number of aromatic carboxylic acids is 1. The van der Waals surface area contributed by atoms with Crippen molar-refractivity contribution in [3.05, 3.63) is 48.0 Å². The van der Waals surface area contributed by atoms with Crippen LogP contribution in [0.15, 0.2) is 47.4 Å². The van der Waals surface area contributed by atoms with Crippen molar-refractivity contribution >= 4 is 22.7 Å². The molecule has 0 amide bonds. The van der Waals surface area contributed by atoms with E-state index in [0.717, 1.165) is 6.07 Å². The van der Waals surface area contributed by atoms with Crippen LogP contribution in [0.4, 0.5) is 5.69 Å². The van der Waals surface area contributed by atoms with Crippen molar-refractivity contribution in [2.75, 3.05) is 5.73 Å². The SMILES string of the molecule is Nc1cc(C(=O)O)cc(S(=O)O)c1Oc1ccccc1. The first kappa shape index (κ1) is 14.0. The molecule has 0 spiro atoms. The third kappa shape index (κ3) is 2.95. The van der Waals surface area contributed by atoms with E-state index >= 15 is 0 Å². The number of rotatable bonds is 4. The predicted molar refractivity (Wildman–Crippen MR) is 73.4 cm³/mol. The number of benzene rings is 2. The van der Waals surface area contributed by atoms with Gasteiger partial charge in [-0.15, -0.1) is 0 Å². The zero-order valence-electron chi connectivity index (χ0n) is 10.1. The van der Waals surface area contributed by atoms with E-state index in [-0.39, 0.29) is 21.9 Å². The number of hydrogen-bond acceptors (Lipinski definition) is 4. The summed E-state index contributed by atoms with van der Waals surface area (Å²) in [5, 5.41) is 8.92. The predicted octanol–water partition coefficient (Wildman–Crippen LogP) is 2.34. The Labute approximate surface area is 117 Å². The number of nitrogen functional groups attached to an aromatic ring is 1. The van der Waals surface area contributed by atoms with Crippen molar-refractivity contribution in [2.24, 2.45) is 0 Å². The minimum absolute atomic E-state index is 0.0221. The molecule has 1 atom stereocenters. The van der Waals surface area contributed by atoms with Crippen LogP contribution in [-0.2, 0) is 11.1 Å². The second-order valence-electron chi connectivity index (χ2n) is 3.86. The normalized spacial score (nSPS) is 11.8. The van der Waals surface area contributed by atoms with Gasteiger partial charge in [-0.3, -0.25) is 0 Å². The standard InChI is InChI=1S/C13H11NO5S/c14-10-6-8(13(15)16)7-11(20(17)18)12(10)19-9-4-2-1-3-5-9/h1-7H,14H2,(H,15,16)(H,17,18). The number of para-hydroxylation sites is 1. The van der Waals surface area contributed by atoms with E-state index < -0.39 is 17.0 Å². The van der Waals surface area contributed by atoms with Crippen molar-refractivity contribution in [1.29, 1.82) is 0 Å². The molecule has 0 radical (unpaired) electrons. The molecule has 0 bridgehead atoms. The van der Waals surface area contributed by atoms with E-state index in [1.807, 2.05) is 0 Å². The second kappa shape index (κ2) is 5.72. The summed E-state index contributed by atoms with van der Waals surface area (Å²) in [5.74, 6) is -0.842. The van der Waals surface area contributed by atoms with Crippen LogP contribution in [0.25, 0.3) is 0 Å². The Morgan fingerprint density at radius 2 is 1.85 bits per heavy atom. The molecule has 0 aliphatic heterocycles.